The predicted molar refractivity (Wildman–Crippen MR) is 59.2 cm³/mol. The number of nitrogens with one attached hydrogen (secondary N) is 1. The molecule has 0 aromatic carbocycles. The third-order valence-corrected chi connectivity index (χ3v) is 2.70. The average Bonchev–Trinajstić information content (AvgIpc) is 2.16. The lowest BCUT2D eigenvalue weighted by Gasteiger charge is -2.03. The van der Waals surface area contributed by atoms with Crippen molar-refractivity contribution in [1.82, 2.24) is 9.97 Å². The van der Waals surface area contributed by atoms with Gasteiger partial charge in [0.15, 0.2) is 5.16 Å². The standard InChI is InChI=1S/C10H14N2O3S/c1-2-3-7-6-8(13)12-10(11-7)16-5-4-9(14)15/h6H,2-5H2,1H3,(H,14,15)(H,11,12,13)/p-1. The van der Waals surface area contributed by atoms with Crippen molar-refractivity contribution in [3.8, 4) is 0 Å². The molecule has 0 bridgehead atoms. The molecule has 0 unspecified atom stereocenters. The van der Waals surface area contributed by atoms with Crippen LogP contribution in [0, 0.1) is 0 Å². The maximum atomic E-state index is 11.2. The lowest BCUT2D eigenvalue weighted by atomic mass is 10.2. The molecule has 0 spiro atoms. The molecule has 1 N–H and O–H groups in total. The Kier molecular flexibility index (Phi) is 5.04. The summed E-state index contributed by atoms with van der Waals surface area (Å²) in [5, 5.41) is 10.7. The van der Waals surface area contributed by atoms with Crippen LogP contribution in [0.1, 0.15) is 25.5 Å². The molecular formula is C10H13N2O3S-. The molecule has 0 saturated heterocycles. The minimum Gasteiger partial charge on any atom is -0.550 e. The fourth-order valence-corrected chi connectivity index (χ4v) is 1.98. The van der Waals surface area contributed by atoms with Gasteiger partial charge >= 0.3 is 0 Å². The van der Waals surface area contributed by atoms with Gasteiger partial charge in [-0.1, -0.05) is 25.1 Å². The van der Waals surface area contributed by atoms with E-state index in [-0.39, 0.29) is 12.0 Å². The van der Waals surface area contributed by atoms with Crippen LogP contribution in [0.25, 0.3) is 0 Å². The summed E-state index contributed by atoms with van der Waals surface area (Å²) in [6, 6.07) is 1.46. The molecule has 1 aromatic heterocycles. The van der Waals surface area contributed by atoms with Gasteiger partial charge in [-0.25, -0.2) is 4.98 Å². The van der Waals surface area contributed by atoms with Crippen LogP contribution in [0.3, 0.4) is 0 Å². The fraction of sp³-hybridized carbons (Fsp3) is 0.500. The van der Waals surface area contributed by atoms with Crippen molar-refractivity contribution in [3.63, 3.8) is 0 Å². The molecule has 0 aliphatic rings. The number of thioether (sulfide) groups is 1. The molecule has 6 heteroatoms. The number of aliphatic carboxylic acids is 1. The molecule has 0 saturated carbocycles. The average molecular weight is 241 g/mol. The molecule has 1 rings (SSSR count). The largest absolute Gasteiger partial charge is 0.550 e. The zero-order chi connectivity index (χ0) is 12.0. The Balaban J connectivity index is 2.65. The van der Waals surface area contributed by atoms with Gasteiger partial charge in [0.2, 0.25) is 0 Å². The molecule has 16 heavy (non-hydrogen) atoms. The van der Waals surface area contributed by atoms with Crippen molar-refractivity contribution < 1.29 is 9.90 Å². The molecule has 1 aromatic rings. The van der Waals surface area contributed by atoms with Gasteiger partial charge in [-0.05, 0) is 12.8 Å². The first-order valence-corrected chi connectivity index (χ1v) is 6.03. The zero-order valence-electron chi connectivity index (χ0n) is 8.99. The lowest BCUT2D eigenvalue weighted by molar-refractivity contribution is -0.305. The number of carboxylic acid groups (broad SMARTS) is 1. The number of hydrogen-bond donors (Lipinski definition) is 1. The van der Waals surface area contributed by atoms with Crippen molar-refractivity contribution in [3.05, 3.63) is 22.1 Å². The van der Waals surface area contributed by atoms with Gasteiger partial charge in [0.1, 0.15) is 0 Å². The zero-order valence-corrected chi connectivity index (χ0v) is 9.80. The summed E-state index contributed by atoms with van der Waals surface area (Å²) in [6.07, 6.45) is 1.62. The van der Waals surface area contributed by atoms with Crippen molar-refractivity contribution in [2.45, 2.75) is 31.3 Å². The summed E-state index contributed by atoms with van der Waals surface area (Å²) in [4.78, 5) is 28.2. The summed E-state index contributed by atoms with van der Waals surface area (Å²) in [5.74, 6) is -0.750. The number of hydrogen-bond acceptors (Lipinski definition) is 5. The second-order valence-corrected chi connectivity index (χ2v) is 4.35. The van der Waals surface area contributed by atoms with E-state index < -0.39 is 5.97 Å². The number of carbonyl (C=O) groups excluding carboxylic acids is 1. The van der Waals surface area contributed by atoms with E-state index in [1.165, 1.54) is 17.8 Å². The number of nitrogens with zero attached hydrogens (tertiary/aromatic N) is 1. The molecule has 88 valence electrons. The monoisotopic (exact) mass is 241 g/mol. The Morgan fingerprint density at radius 2 is 2.38 bits per heavy atom. The van der Waals surface area contributed by atoms with E-state index in [1.807, 2.05) is 6.92 Å². The minimum atomic E-state index is -1.10. The van der Waals surface area contributed by atoms with E-state index in [9.17, 15) is 14.7 Å². The number of aryl methyl sites for hydroxylation is 1. The Hall–Kier alpha value is -1.30. The van der Waals surface area contributed by atoms with Crippen LogP contribution >= 0.6 is 11.8 Å². The van der Waals surface area contributed by atoms with Gasteiger partial charge in [0.05, 0.1) is 0 Å². The quantitative estimate of drug-likeness (QED) is 0.557. The summed E-state index contributed by atoms with van der Waals surface area (Å²) >= 11 is 1.22. The molecule has 0 aliphatic heterocycles. The first-order valence-electron chi connectivity index (χ1n) is 5.04. The number of rotatable bonds is 6. The van der Waals surface area contributed by atoms with Crippen LogP contribution in [-0.4, -0.2) is 21.7 Å². The van der Waals surface area contributed by atoms with Crippen LogP contribution in [-0.2, 0) is 11.2 Å². The minimum absolute atomic E-state index is 0.0492. The van der Waals surface area contributed by atoms with E-state index in [2.05, 4.69) is 9.97 Å². The topological polar surface area (TPSA) is 85.9 Å². The number of carbonyl (C=O) groups is 1. The Morgan fingerprint density at radius 3 is 3.00 bits per heavy atom. The first-order chi connectivity index (χ1) is 7.61. The molecule has 0 atom stereocenters. The van der Waals surface area contributed by atoms with Crippen molar-refractivity contribution >= 4 is 17.7 Å². The van der Waals surface area contributed by atoms with Gasteiger partial charge in [-0.15, -0.1) is 0 Å². The highest BCUT2D eigenvalue weighted by atomic mass is 32.2. The maximum absolute atomic E-state index is 11.2. The second kappa shape index (κ2) is 6.32. The molecule has 5 nitrogen and oxygen atoms in total. The van der Waals surface area contributed by atoms with Crippen LogP contribution in [0.5, 0.6) is 0 Å². The highest BCUT2D eigenvalue weighted by Gasteiger charge is 2.01. The molecule has 0 radical (unpaired) electrons. The normalized spacial score (nSPS) is 10.3. The second-order valence-electron chi connectivity index (χ2n) is 3.26. The van der Waals surface area contributed by atoms with E-state index in [4.69, 9.17) is 0 Å². The molecule has 0 fully saturated rings. The van der Waals surface area contributed by atoms with Crippen LogP contribution in [0.15, 0.2) is 16.0 Å². The van der Waals surface area contributed by atoms with Gasteiger partial charge < -0.3 is 14.9 Å². The van der Waals surface area contributed by atoms with Crippen LogP contribution in [0.4, 0.5) is 0 Å². The number of aromatic nitrogens is 2. The van der Waals surface area contributed by atoms with Crippen molar-refractivity contribution in [2.24, 2.45) is 0 Å². The van der Waals surface area contributed by atoms with Gasteiger partial charge in [-0.2, -0.15) is 0 Å². The predicted octanol–water partition coefficient (Wildman–Crippen LogP) is -0.0455. The van der Waals surface area contributed by atoms with E-state index in [1.54, 1.807) is 0 Å². The SMILES string of the molecule is CCCc1cc(=O)[nH]c(SCCC(=O)[O-])n1. The lowest BCUT2D eigenvalue weighted by Crippen LogP contribution is -2.22. The molecule has 0 aliphatic carbocycles. The fourth-order valence-electron chi connectivity index (χ4n) is 1.17. The van der Waals surface area contributed by atoms with E-state index in [0.29, 0.717) is 10.9 Å². The summed E-state index contributed by atoms with van der Waals surface area (Å²) in [7, 11) is 0. The van der Waals surface area contributed by atoms with Gasteiger partial charge in [-0.3, -0.25) is 4.79 Å². The molecular weight excluding hydrogens is 228 g/mol. The Labute approximate surface area is 97.3 Å². The van der Waals surface area contributed by atoms with E-state index >= 15 is 0 Å². The number of aromatic amines is 1. The first kappa shape index (κ1) is 12.8. The summed E-state index contributed by atoms with van der Waals surface area (Å²) in [6.45, 7) is 2.01. The third-order valence-electron chi connectivity index (χ3n) is 1.82. The highest BCUT2D eigenvalue weighted by Crippen LogP contribution is 2.12. The van der Waals surface area contributed by atoms with Crippen LogP contribution in [0.2, 0.25) is 0 Å². The number of H-pyrrole nitrogens is 1. The Morgan fingerprint density at radius 1 is 1.62 bits per heavy atom. The summed E-state index contributed by atoms with van der Waals surface area (Å²) in [5.41, 5.74) is 0.539. The van der Waals surface area contributed by atoms with Crippen molar-refractivity contribution in [2.75, 3.05) is 5.75 Å². The third kappa shape index (κ3) is 4.48. The highest BCUT2D eigenvalue weighted by molar-refractivity contribution is 7.99. The summed E-state index contributed by atoms with van der Waals surface area (Å²) < 4.78 is 0. The maximum Gasteiger partial charge on any atom is 0.251 e. The smallest absolute Gasteiger partial charge is 0.251 e. The Bertz CT molecular complexity index is 417. The van der Waals surface area contributed by atoms with Crippen molar-refractivity contribution in [1.29, 1.82) is 0 Å². The van der Waals surface area contributed by atoms with Gasteiger partial charge in [0.25, 0.3) is 5.56 Å². The molecule has 1 heterocycles. The van der Waals surface area contributed by atoms with Crippen LogP contribution < -0.4 is 10.7 Å². The van der Waals surface area contributed by atoms with Gasteiger partial charge in [0, 0.05) is 23.5 Å². The number of carboxylic acids is 1. The molecule has 0 amide bonds. The van der Waals surface area contributed by atoms with E-state index in [0.717, 1.165) is 18.5 Å².